The number of halogens is 4. The van der Waals surface area contributed by atoms with E-state index in [0.717, 1.165) is 19.4 Å². The Morgan fingerprint density at radius 2 is 1.44 bits per heavy atom. The second-order valence-electron chi connectivity index (χ2n) is 7.16. The number of nitrogens with one attached hydrogen (secondary N) is 1. The maximum absolute atomic E-state index is 13.2. The van der Waals surface area contributed by atoms with Crippen molar-refractivity contribution in [2.45, 2.75) is 6.61 Å². The van der Waals surface area contributed by atoms with E-state index < -0.39 is 17.8 Å². The van der Waals surface area contributed by atoms with Crippen molar-refractivity contribution in [2.75, 3.05) is 4.90 Å². The van der Waals surface area contributed by atoms with Gasteiger partial charge in [0.15, 0.2) is 0 Å². The monoisotopic (exact) mass is 710 g/mol. The molecule has 0 atom stereocenters. The van der Waals surface area contributed by atoms with Gasteiger partial charge in [-0.3, -0.25) is 14.9 Å². The lowest BCUT2D eigenvalue weighted by Gasteiger charge is -2.26. The van der Waals surface area contributed by atoms with Crippen LogP contribution in [0.3, 0.4) is 0 Å². The lowest BCUT2D eigenvalue weighted by Crippen LogP contribution is -2.54. The van der Waals surface area contributed by atoms with Crippen LogP contribution in [0.25, 0.3) is 6.08 Å². The van der Waals surface area contributed by atoms with Crippen molar-refractivity contribution in [3.8, 4) is 5.75 Å². The van der Waals surface area contributed by atoms with Crippen LogP contribution in [-0.2, 0) is 16.2 Å². The fourth-order valence-corrected chi connectivity index (χ4v) is 5.11. The fourth-order valence-electron chi connectivity index (χ4n) is 3.21. The smallest absolute Gasteiger partial charge is 0.335 e. The maximum atomic E-state index is 13.2. The minimum Gasteiger partial charge on any atom is -0.487 e. The van der Waals surface area contributed by atoms with Gasteiger partial charge in [0.05, 0.1) is 10.2 Å². The van der Waals surface area contributed by atoms with E-state index in [1.807, 2.05) is 24.3 Å². The zero-order valence-corrected chi connectivity index (χ0v) is 23.5. The van der Waals surface area contributed by atoms with Crippen LogP contribution < -0.4 is 15.0 Å². The molecule has 6 nitrogen and oxygen atoms in total. The number of nitrogens with zero attached hydrogens (tertiary/aromatic N) is 1. The third-order valence-electron chi connectivity index (χ3n) is 4.82. The van der Waals surface area contributed by atoms with Crippen LogP contribution in [0.1, 0.15) is 11.1 Å². The van der Waals surface area contributed by atoms with Crippen molar-refractivity contribution in [3.63, 3.8) is 0 Å². The van der Waals surface area contributed by atoms with Crippen molar-refractivity contribution in [3.05, 3.63) is 95.3 Å². The number of benzene rings is 3. The van der Waals surface area contributed by atoms with Crippen LogP contribution in [0.4, 0.5) is 10.5 Å². The molecule has 0 aromatic heterocycles. The number of imide groups is 2. The number of rotatable bonds is 5. The Morgan fingerprint density at radius 1 is 0.824 bits per heavy atom. The van der Waals surface area contributed by atoms with Crippen molar-refractivity contribution >= 4 is 93.3 Å². The molecule has 10 heteroatoms. The van der Waals surface area contributed by atoms with E-state index in [4.69, 9.17) is 4.74 Å². The van der Waals surface area contributed by atoms with Crippen molar-refractivity contribution in [2.24, 2.45) is 0 Å². The molecule has 1 aliphatic heterocycles. The molecule has 0 saturated carbocycles. The summed E-state index contributed by atoms with van der Waals surface area (Å²) in [6, 6.07) is 17.0. The second-order valence-corrected chi connectivity index (χ2v) is 10.8. The van der Waals surface area contributed by atoms with Gasteiger partial charge >= 0.3 is 6.03 Å². The zero-order valence-electron chi connectivity index (χ0n) is 17.2. The summed E-state index contributed by atoms with van der Waals surface area (Å²) in [5.74, 6) is -1.06. The molecule has 3 aromatic carbocycles. The lowest BCUT2D eigenvalue weighted by molar-refractivity contribution is -0.122. The highest BCUT2D eigenvalue weighted by Gasteiger charge is 2.37. The number of carbonyl (C=O) groups excluding carboxylic acids is 3. The van der Waals surface area contributed by atoms with Gasteiger partial charge in [-0.15, -0.1) is 0 Å². The molecule has 1 saturated heterocycles. The third kappa shape index (κ3) is 5.51. The molecule has 0 spiro atoms. The molecule has 0 aliphatic carbocycles. The molecular formula is C24H14Br4N2O4. The normalized spacial score (nSPS) is 15.0. The molecule has 1 aliphatic rings. The number of ether oxygens (including phenoxy) is 1. The number of urea groups is 1. The first-order chi connectivity index (χ1) is 16.2. The van der Waals surface area contributed by atoms with Gasteiger partial charge in [-0.25, -0.2) is 9.69 Å². The molecule has 0 unspecified atom stereocenters. The summed E-state index contributed by atoms with van der Waals surface area (Å²) in [6.07, 6.45) is 1.42. The largest absolute Gasteiger partial charge is 0.487 e. The number of barbiturate groups is 1. The molecule has 172 valence electrons. The SMILES string of the molecule is O=C1NC(=O)N(c2ccc(Br)cc2)C(=O)/C1=C/c1cc(Br)cc(Br)c1OCc1ccc(Br)cc1. The number of hydrogen-bond acceptors (Lipinski definition) is 4. The topological polar surface area (TPSA) is 75.7 Å². The lowest BCUT2D eigenvalue weighted by atomic mass is 10.1. The van der Waals surface area contributed by atoms with E-state index in [0.29, 0.717) is 25.9 Å². The molecule has 4 rings (SSSR count). The summed E-state index contributed by atoms with van der Waals surface area (Å²) in [4.78, 5) is 39.2. The van der Waals surface area contributed by atoms with Crippen LogP contribution >= 0.6 is 63.7 Å². The summed E-state index contributed by atoms with van der Waals surface area (Å²) in [5, 5.41) is 2.23. The Morgan fingerprint density at radius 3 is 2.09 bits per heavy atom. The minimum absolute atomic E-state index is 0.194. The first kappa shape index (κ1) is 24.8. The second kappa shape index (κ2) is 10.6. The Labute approximate surface area is 228 Å². The van der Waals surface area contributed by atoms with Crippen LogP contribution in [0.5, 0.6) is 5.75 Å². The average Bonchev–Trinajstić information content (AvgIpc) is 2.78. The molecule has 0 bridgehead atoms. The Hall–Kier alpha value is -2.27. The van der Waals surface area contributed by atoms with Crippen molar-refractivity contribution < 1.29 is 19.1 Å². The summed E-state index contributed by atoms with van der Waals surface area (Å²) < 4.78 is 9.15. The highest BCUT2D eigenvalue weighted by atomic mass is 79.9. The molecular weight excluding hydrogens is 700 g/mol. The number of anilines is 1. The van der Waals surface area contributed by atoms with E-state index >= 15 is 0 Å². The van der Waals surface area contributed by atoms with Gasteiger partial charge in [-0.05, 0) is 76.1 Å². The summed E-state index contributed by atoms with van der Waals surface area (Å²) in [5.41, 5.74) is 1.57. The minimum atomic E-state index is -0.809. The van der Waals surface area contributed by atoms with Gasteiger partial charge in [-0.1, -0.05) is 59.9 Å². The highest BCUT2D eigenvalue weighted by Crippen LogP contribution is 2.36. The van der Waals surface area contributed by atoms with Crippen molar-refractivity contribution in [1.82, 2.24) is 5.32 Å². The van der Waals surface area contributed by atoms with Crippen LogP contribution in [-0.4, -0.2) is 17.8 Å². The molecule has 1 fully saturated rings. The number of carbonyl (C=O) groups is 3. The first-order valence-corrected chi connectivity index (χ1v) is 12.9. The maximum Gasteiger partial charge on any atom is 0.335 e. The summed E-state index contributed by atoms with van der Waals surface area (Å²) in [6.45, 7) is 0.271. The van der Waals surface area contributed by atoms with Gasteiger partial charge in [0.1, 0.15) is 17.9 Å². The average molecular weight is 714 g/mol. The predicted octanol–water partition coefficient (Wildman–Crippen LogP) is 6.98. The Kier molecular flexibility index (Phi) is 7.71. The third-order valence-corrected chi connectivity index (χ3v) is 6.92. The highest BCUT2D eigenvalue weighted by molar-refractivity contribution is 9.11. The molecule has 1 N–H and O–H groups in total. The molecule has 34 heavy (non-hydrogen) atoms. The number of amides is 4. The molecule has 3 aromatic rings. The fraction of sp³-hybridized carbons (Fsp3) is 0.0417. The van der Waals surface area contributed by atoms with E-state index in [2.05, 4.69) is 69.0 Å². The predicted molar refractivity (Wildman–Crippen MR) is 143 cm³/mol. The van der Waals surface area contributed by atoms with E-state index in [-0.39, 0.29) is 12.2 Å². The van der Waals surface area contributed by atoms with Gasteiger partial charge < -0.3 is 4.74 Å². The van der Waals surface area contributed by atoms with E-state index in [1.165, 1.54) is 6.08 Å². The zero-order chi connectivity index (χ0) is 24.4. The van der Waals surface area contributed by atoms with E-state index in [1.54, 1.807) is 36.4 Å². The number of hydrogen-bond donors (Lipinski definition) is 1. The Bertz CT molecular complexity index is 1320. The van der Waals surface area contributed by atoms with Gasteiger partial charge in [0, 0.05) is 19.0 Å². The van der Waals surface area contributed by atoms with Crippen LogP contribution in [0, 0.1) is 0 Å². The van der Waals surface area contributed by atoms with Gasteiger partial charge in [0.25, 0.3) is 11.8 Å². The van der Waals surface area contributed by atoms with Crippen molar-refractivity contribution in [1.29, 1.82) is 0 Å². The molecule has 4 amide bonds. The summed E-state index contributed by atoms with van der Waals surface area (Å²) in [7, 11) is 0. The van der Waals surface area contributed by atoms with Crippen LogP contribution in [0.15, 0.2) is 84.1 Å². The quantitative estimate of drug-likeness (QED) is 0.229. The molecule has 0 radical (unpaired) electrons. The van der Waals surface area contributed by atoms with Gasteiger partial charge in [-0.2, -0.15) is 0 Å². The van der Waals surface area contributed by atoms with E-state index in [9.17, 15) is 14.4 Å². The summed E-state index contributed by atoms with van der Waals surface area (Å²) >= 11 is 13.7. The van der Waals surface area contributed by atoms with Crippen LogP contribution in [0.2, 0.25) is 0 Å². The first-order valence-electron chi connectivity index (χ1n) is 9.76. The van der Waals surface area contributed by atoms with Gasteiger partial charge in [0.2, 0.25) is 0 Å². The standard InChI is InChI=1S/C24H14Br4N2O4/c25-15-3-1-13(2-4-15)12-34-21-14(9-17(27)11-20(21)28)10-19-22(31)29-24(33)30(23(19)32)18-7-5-16(26)6-8-18/h1-11H,12H2,(H,29,31,33)/b19-10+. The Balaban J connectivity index is 1.70. The molecule has 1 heterocycles.